The van der Waals surface area contributed by atoms with Crippen molar-refractivity contribution in [1.29, 1.82) is 0 Å². The highest BCUT2D eigenvalue weighted by atomic mass is 15.1. The molecule has 2 N–H and O–H groups in total. The van der Waals surface area contributed by atoms with Gasteiger partial charge in [-0.05, 0) is 11.6 Å². The first kappa shape index (κ1) is 9.84. The number of para-hydroxylation sites is 1. The van der Waals surface area contributed by atoms with Crippen molar-refractivity contribution < 1.29 is 0 Å². The standard InChI is InChI=1S/C13H12N4/c1-3-10-5-2-6-14-13(10)11(4-1)7-15-12-8-16-17-9-12/h1-6,8-9,15H,7H2,(H,16,17). The minimum atomic E-state index is 0.744. The minimum absolute atomic E-state index is 0.744. The van der Waals surface area contributed by atoms with Crippen molar-refractivity contribution in [3.63, 3.8) is 0 Å². The number of aromatic amines is 1. The van der Waals surface area contributed by atoms with Gasteiger partial charge < -0.3 is 5.32 Å². The van der Waals surface area contributed by atoms with E-state index in [1.54, 1.807) is 6.20 Å². The molecule has 0 aliphatic rings. The van der Waals surface area contributed by atoms with Gasteiger partial charge in [0.25, 0.3) is 0 Å². The number of fused-ring (bicyclic) bond motifs is 1. The van der Waals surface area contributed by atoms with Crippen LogP contribution in [0.25, 0.3) is 10.9 Å². The van der Waals surface area contributed by atoms with E-state index in [0.29, 0.717) is 0 Å². The van der Waals surface area contributed by atoms with E-state index in [-0.39, 0.29) is 0 Å². The summed E-state index contributed by atoms with van der Waals surface area (Å²) in [5.41, 5.74) is 3.22. The SMILES string of the molecule is c1cnc2c(CNc3cn[nH]c3)cccc2c1. The zero-order chi connectivity index (χ0) is 11.5. The zero-order valence-corrected chi connectivity index (χ0v) is 9.22. The number of nitrogens with zero attached hydrogens (tertiary/aromatic N) is 2. The quantitative estimate of drug-likeness (QED) is 0.719. The zero-order valence-electron chi connectivity index (χ0n) is 9.22. The number of anilines is 1. The van der Waals surface area contributed by atoms with Crippen LogP contribution in [0.4, 0.5) is 5.69 Å². The predicted octanol–water partition coefficient (Wildman–Crippen LogP) is 2.57. The van der Waals surface area contributed by atoms with Crippen molar-refractivity contribution in [2.75, 3.05) is 5.32 Å². The van der Waals surface area contributed by atoms with E-state index in [2.05, 4.69) is 44.8 Å². The number of rotatable bonds is 3. The Labute approximate surface area is 98.7 Å². The van der Waals surface area contributed by atoms with Crippen LogP contribution in [0.15, 0.2) is 48.9 Å². The Morgan fingerprint density at radius 3 is 3.00 bits per heavy atom. The summed E-state index contributed by atoms with van der Waals surface area (Å²) in [6.45, 7) is 0.744. The molecule has 0 aliphatic carbocycles. The molecule has 0 aliphatic heterocycles. The van der Waals surface area contributed by atoms with Crippen LogP contribution in [0, 0.1) is 0 Å². The van der Waals surface area contributed by atoms with Gasteiger partial charge in [0, 0.05) is 24.3 Å². The minimum Gasteiger partial charge on any atom is -0.378 e. The first-order chi connectivity index (χ1) is 8.43. The number of aromatic nitrogens is 3. The fourth-order valence-electron chi connectivity index (χ4n) is 1.85. The first-order valence-electron chi connectivity index (χ1n) is 5.49. The molecule has 0 radical (unpaired) electrons. The van der Waals surface area contributed by atoms with Crippen LogP contribution in [0.5, 0.6) is 0 Å². The van der Waals surface area contributed by atoms with Gasteiger partial charge in [0.2, 0.25) is 0 Å². The molecule has 0 saturated carbocycles. The summed E-state index contributed by atoms with van der Waals surface area (Å²) in [5, 5.41) is 11.1. The van der Waals surface area contributed by atoms with Crippen LogP contribution < -0.4 is 5.32 Å². The average molecular weight is 224 g/mol. The summed E-state index contributed by atoms with van der Waals surface area (Å²) < 4.78 is 0. The maximum Gasteiger partial charge on any atom is 0.0751 e. The van der Waals surface area contributed by atoms with Gasteiger partial charge in [0.15, 0.2) is 0 Å². The second-order valence-corrected chi connectivity index (χ2v) is 3.83. The van der Waals surface area contributed by atoms with E-state index in [0.717, 1.165) is 17.7 Å². The van der Waals surface area contributed by atoms with Gasteiger partial charge in [-0.15, -0.1) is 0 Å². The van der Waals surface area contributed by atoms with Crippen molar-refractivity contribution in [1.82, 2.24) is 15.2 Å². The van der Waals surface area contributed by atoms with Crippen molar-refractivity contribution in [2.24, 2.45) is 0 Å². The molecule has 84 valence electrons. The van der Waals surface area contributed by atoms with Crippen LogP contribution in [0.1, 0.15) is 5.56 Å². The summed E-state index contributed by atoms with van der Waals surface area (Å²) in [6.07, 6.45) is 5.42. The number of hydrogen-bond acceptors (Lipinski definition) is 3. The summed E-state index contributed by atoms with van der Waals surface area (Å²) in [5.74, 6) is 0. The lowest BCUT2D eigenvalue weighted by molar-refractivity contribution is 1.09. The van der Waals surface area contributed by atoms with Crippen molar-refractivity contribution >= 4 is 16.6 Å². The molecule has 0 bridgehead atoms. The number of nitrogens with one attached hydrogen (secondary N) is 2. The van der Waals surface area contributed by atoms with Crippen LogP contribution in [-0.4, -0.2) is 15.2 Å². The second kappa shape index (κ2) is 4.25. The van der Waals surface area contributed by atoms with Crippen LogP contribution in [0.2, 0.25) is 0 Å². The Morgan fingerprint density at radius 2 is 2.12 bits per heavy atom. The maximum atomic E-state index is 4.42. The van der Waals surface area contributed by atoms with Crippen molar-refractivity contribution in [3.05, 3.63) is 54.5 Å². The highest BCUT2D eigenvalue weighted by Gasteiger charge is 2.01. The van der Waals surface area contributed by atoms with Crippen LogP contribution in [-0.2, 0) is 6.54 Å². The van der Waals surface area contributed by atoms with Crippen LogP contribution in [0.3, 0.4) is 0 Å². The van der Waals surface area contributed by atoms with E-state index in [4.69, 9.17) is 0 Å². The molecule has 0 fully saturated rings. The maximum absolute atomic E-state index is 4.42. The number of H-pyrrole nitrogens is 1. The van der Waals surface area contributed by atoms with Gasteiger partial charge in [0.1, 0.15) is 0 Å². The van der Waals surface area contributed by atoms with Gasteiger partial charge in [-0.2, -0.15) is 5.10 Å². The van der Waals surface area contributed by atoms with Crippen molar-refractivity contribution in [2.45, 2.75) is 6.54 Å². The molecule has 0 saturated heterocycles. The molecule has 0 spiro atoms. The topological polar surface area (TPSA) is 53.6 Å². The van der Waals surface area contributed by atoms with Gasteiger partial charge in [-0.25, -0.2) is 0 Å². The third-order valence-electron chi connectivity index (χ3n) is 2.70. The summed E-state index contributed by atoms with van der Waals surface area (Å²) in [7, 11) is 0. The number of hydrogen-bond donors (Lipinski definition) is 2. The van der Waals surface area contributed by atoms with Gasteiger partial charge in [0.05, 0.1) is 17.4 Å². The predicted molar refractivity (Wildman–Crippen MR) is 67.7 cm³/mol. The van der Waals surface area contributed by atoms with Crippen molar-refractivity contribution in [3.8, 4) is 0 Å². The van der Waals surface area contributed by atoms with Gasteiger partial charge >= 0.3 is 0 Å². The van der Waals surface area contributed by atoms with E-state index >= 15 is 0 Å². The fraction of sp³-hybridized carbons (Fsp3) is 0.0769. The second-order valence-electron chi connectivity index (χ2n) is 3.83. The van der Waals surface area contributed by atoms with E-state index in [9.17, 15) is 0 Å². The molecule has 0 unspecified atom stereocenters. The highest BCUT2D eigenvalue weighted by Crippen LogP contribution is 2.17. The summed E-state index contributed by atoms with van der Waals surface area (Å²) in [6, 6.07) is 10.2. The molecule has 3 aromatic rings. The highest BCUT2D eigenvalue weighted by molar-refractivity contribution is 5.81. The summed E-state index contributed by atoms with van der Waals surface area (Å²) >= 11 is 0. The normalized spacial score (nSPS) is 10.6. The third kappa shape index (κ3) is 1.97. The molecule has 3 rings (SSSR count). The number of benzene rings is 1. The fourth-order valence-corrected chi connectivity index (χ4v) is 1.85. The smallest absolute Gasteiger partial charge is 0.0751 e. The molecule has 4 heteroatoms. The number of pyridine rings is 1. The van der Waals surface area contributed by atoms with Gasteiger partial charge in [-0.3, -0.25) is 10.1 Å². The lowest BCUT2D eigenvalue weighted by Crippen LogP contribution is -1.99. The average Bonchev–Trinajstić information content (AvgIpc) is 2.89. The molecular formula is C13H12N4. The van der Waals surface area contributed by atoms with E-state index in [1.165, 1.54) is 10.9 Å². The summed E-state index contributed by atoms with van der Waals surface area (Å²) in [4.78, 5) is 4.42. The van der Waals surface area contributed by atoms with Gasteiger partial charge in [-0.1, -0.05) is 24.3 Å². The molecule has 0 amide bonds. The molecule has 0 atom stereocenters. The Balaban J connectivity index is 1.90. The molecular weight excluding hydrogens is 212 g/mol. The first-order valence-corrected chi connectivity index (χ1v) is 5.49. The van der Waals surface area contributed by atoms with E-state index in [1.807, 2.05) is 18.5 Å². The molecule has 4 nitrogen and oxygen atoms in total. The Hall–Kier alpha value is -2.36. The Morgan fingerprint density at radius 1 is 1.18 bits per heavy atom. The van der Waals surface area contributed by atoms with Crippen LogP contribution >= 0.6 is 0 Å². The lowest BCUT2D eigenvalue weighted by Gasteiger charge is -2.06. The Kier molecular flexibility index (Phi) is 2.46. The van der Waals surface area contributed by atoms with E-state index < -0.39 is 0 Å². The largest absolute Gasteiger partial charge is 0.378 e. The third-order valence-corrected chi connectivity index (χ3v) is 2.70. The molecule has 1 aromatic carbocycles. The molecule has 2 heterocycles. The molecule has 2 aromatic heterocycles. The Bertz CT molecular complexity index is 611. The monoisotopic (exact) mass is 224 g/mol. The lowest BCUT2D eigenvalue weighted by atomic mass is 10.1. The molecule has 17 heavy (non-hydrogen) atoms.